The Balaban J connectivity index is 0. The van der Waals surface area contributed by atoms with Crippen molar-refractivity contribution in [2.75, 3.05) is 26.7 Å². The molecule has 0 aliphatic rings. The number of carbonyl (C=O) groups is 1. The number of esters is 1. The average molecular weight is 211 g/mol. The van der Waals surface area contributed by atoms with E-state index in [1.54, 1.807) is 6.92 Å². The van der Waals surface area contributed by atoms with Crippen LogP contribution in [0.2, 0.25) is 0 Å². The maximum absolute atomic E-state index is 10.9. The number of hydrogen-bond acceptors (Lipinski definition) is 4. The molecular formula is C8H19ClN2O2. The van der Waals surface area contributed by atoms with Gasteiger partial charge in [-0.1, -0.05) is 0 Å². The Hall–Kier alpha value is -0.320. The van der Waals surface area contributed by atoms with Gasteiger partial charge < -0.3 is 10.5 Å². The van der Waals surface area contributed by atoms with Crippen LogP contribution >= 0.6 is 12.4 Å². The van der Waals surface area contributed by atoms with Crippen molar-refractivity contribution in [3.05, 3.63) is 0 Å². The molecule has 4 nitrogen and oxygen atoms in total. The van der Waals surface area contributed by atoms with E-state index < -0.39 is 0 Å². The Morgan fingerprint density at radius 1 is 1.62 bits per heavy atom. The molecule has 0 unspecified atom stereocenters. The topological polar surface area (TPSA) is 55.6 Å². The number of carbonyl (C=O) groups excluding carboxylic acids is 1. The van der Waals surface area contributed by atoms with Gasteiger partial charge in [-0.05, 0) is 20.9 Å². The molecule has 1 atom stereocenters. The molecule has 0 aromatic carbocycles. The van der Waals surface area contributed by atoms with Gasteiger partial charge in [-0.25, -0.2) is 0 Å². The standard InChI is InChI=1S/C8H18N2O2.ClH/c1-4-12-8(11)6-10(3)5-7(2)9;/h7H,4-6,9H2,1-3H3;1H/t7-;/m1./s1. The number of hydrogen-bond donors (Lipinski definition) is 1. The van der Waals surface area contributed by atoms with Gasteiger partial charge in [-0.3, -0.25) is 9.69 Å². The van der Waals surface area contributed by atoms with Crippen LogP contribution in [0, 0.1) is 0 Å². The zero-order chi connectivity index (χ0) is 9.56. The third kappa shape index (κ3) is 9.60. The molecule has 0 aromatic rings. The summed E-state index contributed by atoms with van der Waals surface area (Å²) in [6.07, 6.45) is 0. The van der Waals surface area contributed by atoms with Crippen LogP contribution < -0.4 is 5.73 Å². The first-order valence-corrected chi connectivity index (χ1v) is 4.16. The van der Waals surface area contributed by atoms with Gasteiger partial charge in [-0.2, -0.15) is 0 Å². The molecule has 0 aliphatic carbocycles. The predicted molar refractivity (Wildman–Crippen MR) is 55.0 cm³/mol. The molecule has 0 aliphatic heterocycles. The van der Waals surface area contributed by atoms with Gasteiger partial charge in [-0.15, -0.1) is 12.4 Å². The van der Waals surface area contributed by atoms with Crippen molar-refractivity contribution in [1.82, 2.24) is 4.90 Å². The van der Waals surface area contributed by atoms with Crippen molar-refractivity contribution in [2.24, 2.45) is 5.73 Å². The van der Waals surface area contributed by atoms with E-state index in [0.29, 0.717) is 19.7 Å². The second kappa shape index (κ2) is 8.29. The molecule has 0 bridgehead atoms. The van der Waals surface area contributed by atoms with Crippen molar-refractivity contribution in [3.63, 3.8) is 0 Å². The summed E-state index contributed by atoms with van der Waals surface area (Å²) in [5, 5.41) is 0. The van der Waals surface area contributed by atoms with Gasteiger partial charge in [0.05, 0.1) is 13.2 Å². The third-order valence-corrected chi connectivity index (χ3v) is 1.30. The highest BCUT2D eigenvalue weighted by Gasteiger charge is 2.07. The summed E-state index contributed by atoms with van der Waals surface area (Å²) in [6.45, 7) is 5.16. The number of likely N-dealkylation sites (N-methyl/N-ethyl adjacent to an activating group) is 1. The molecule has 5 heteroatoms. The van der Waals surface area contributed by atoms with Gasteiger partial charge >= 0.3 is 5.97 Å². The van der Waals surface area contributed by atoms with E-state index in [2.05, 4.69) is 0 Å². The summed E-state index contributed by atoms with van der Waals surface area (Å²) >= 11 is 0. The van der Waals surface area contributed by atoms with Crippen LogP contribution in [0.4, 0.5) is 0 Å². The number of nitrogens with two attached hydrogens (primary N) is 1. The molecule has 0 heterocycles. The van der Waals surface area contributed by atoms with Gasteiger partial charge in [0.1, 0.15) is 0 Å². The minimum Gasteiger partial charge on any atom is -0.465 e. The Labute approximate surface area is 85.8 Å². The Kier molecular flexibility index (Phi) is 9.67. The molecule has 0 spiro atoms. The molecule has 0 saturated heterocycles. The van der Waals surface area contributed by atoms with Crippen LogP contribution in [0.3, 0.4) is 0 Å². The molecule has 0 radical (unpaired) electrons. The van der Waals surface area contributed by atoms with Gasteiger partial charge in [0.2, 0.25) is 0 Å². The second-order valence-corrected chi connectivity index (χ2v) is 2.98. The molecule has 2 N–H and O–H groups in total. The minimum absolute atomic E-state index is 0. The smallest absolute Gasteiger partial charge is 0.320 e. The van der Waals surface area contributed by atoms with E-state index in [4.69, 9.17) is 10.5 Å². The minimum atomic E-state index is -0.194. The lowest BCUT2D eigenvalue weighted by atomic mass is 10.3. The molecule has 0 fully saturated rings. The van der Waals surface area contributed by atoms with Gasteiger partial charge in [0, 0.05) is 12.6 Å². The second-order valence-electron chi connectivity index (χ2n) is 2.98. The zero-order valence-electron chi connectivity index (χ0n) is 8.45. The first kappa shape index (κ1) is 15.2. The molecule has 0 saturated carbocycles. The van der Waals surface area contributed by atoms with Crippen molar-refractivity contribution < 1.29 is 9.53 Å². The Morgan fingerprint density at radius 2 is 2.15 bits per heavy atom. The average Bonchev–Trinajstić information content (AvgIpc) is 1.84. The van der Waals surface area contributed by atoms with E-state index in [-0.39, 0.29) is 24.4 Å². The zero-order valence-corrected chi connectivity index (χ0v) is 9.26. The van der Waals surface area contributed by atoms with E-state index in [1.165, 1.54) is 0 Å². The fourth-order valence-corrected chi connectivity index (χ4v) is 0.983. The summed E-state index contributed by atoms with van der Waals surface area (Å²) in [5.74, 6) is -0.194. The van der Waals surface area contributed by atoms with Crippen molar-refractivity contribution in [3.8, 4) is 0 Å². The SMILES string of the molecule is CCOC(=O)CN(C)C[C@@H](C)N.Cl. The van der Waals surface area contributed by atoms with Crippen LogP contribution in [-0.4, -0.2) is 43.7 Å². The number of halogens is 1. The van der Waals surface area contributed by atoms with Crippen LogP contribution in [0.15, 0.2) is 0 Å². The van der Waals surface area contributed by atoms with E-state index >= 15 is 0 Å². The fraction of sp³-hybridized carbons (Fsp3) is 0.875. The van der Waals surface area contributed by atoms with E-state index in [1.807, 2.05) is 18.9 Å². The molecule has 0 aromatic heterocycles. The molecule has 13 heavy (non-hydrogen) atoms. The summed E-state index contributed by atoms with van der Waals surface area (Å²) in [6, 6.07) is 0.0874. The summed E-state index contributed by atoms with van der Waals surface area (Å²) in [7, 11) is 1.85. The first-order valence-electron chi connectivity index (χ1n) is 4.16. The van der Waals surface area contributed by atoms with Crippen LogP contribution in [0.1, 0.15) is 13.8 Å². The lowest BCUT2D eigenvalue weighted by molar-refractivity contribution is -0.144. The monoisotopic (exact) mass is 210 g/mol. The van der Waals surface area contributed by atoms with Crippen LogP contribution in [-0.2, 0) is 9.53 Å². The predicted octanol–water partition coefficient (Wildman–Crippen LogP) is 0.250. The normalized spacial score (nSPS) is 12.1. The lowest BCUT2D eigenvalue weighted by Crippen LogP contribution is -2.36. The van der Waals surface area contributed by atoms with Crippen LogP contribution in [0.5, 0.6) is 0 Å². The Bertz CT molecular complexity index is 142. The summed E-state index contributed by atoms with van der Waals surface area (Å²) in [5.41, 5.74) is 5.55. The maximum atomic E-state index is 10.9. The van der Waals surface area contributed by atoms with Crippen molar-refractivity contribution >= 4 is 18.4 Å². The summed E-state index contributed by atoms with van der Waals surface area (Å²) < 4.78 is 4.77. The lowest BCUT2D eigenvalue weighted by Gasteiger charge is -2.17. The van der Waals surface area contributed by atoms with Crippen molar-refractivity contribution in [1.29, 1.82) is 0 Å². The Morgan fingerprint density at radius 3 is 2.54 bits per heavy atom. The van der Waals surface area contributed by atoms with Gasteiger partial charge in [0.15, 0.2) is 0 Å². The van der Waals surface area contributed by atoms with Crippen molar-refractivity contribution in [2.45, 2.75) is 19.9 Å². The highest BCUT2D eigenvalue weighted by molar-refractivity contribution is 5.85. The number of nitrogens with zero attached hydrogens (tertiary/aromatic N) is 1. The summed E-state index contributed by atoms with van der Waals surface area (Å²) in [4.78, 5) is 12.8. The quantitative estimate of drug-likeness (QED) is 0.661. The third-order valence-electron chi connectivity index (χ3n) is 1.30. The van der Waals surface area contributed by atoms with E-state index in [0.717, 1.165) is 0 Å². The number of ether oxygens (including phenoxy) is 1. The highest BCUT2D eigenvalue weighted by Crippen LogP contribution is 1.87. The maximum Gasteiger partial charge on any atom is 0.320 e. The molecule has 0 rings (SSSR count). The van der Waals surface area contributed by atoms with E-state index in [9.17, 15) is 4.79 Å². The largest absolute Gasteiger partial charge is 0.465 e. The molecule has 0 amide bonds. The fourth-order valence-electron chi connectivity index (χ4n) is 0.983. The van der Waals surface area contributed by atoms with Crippen LogP contribution in [0.25, 0.3) is 0 Å². The highest BCUT2D eigenvalue weighted by atomic mass is 35.5. The number of rotatable bonds is 5. The van der Waals surface area contributed by atoms with Gasteiger partial charge in [0.25, 0.3) is 0 Å². The molecular weight excluding hydrogens is 192 g/mol. The molecule has 80 valence electrons. The first-order chi connectivity index (χ1) is 5.56.